The van der Waals surface area contributed by atoms with Gasteiger partial charge >= 0.3 is 6.11 Å². The second kappa shape index (κ2) is 15.8. The molecule has 0 radical (unpaired) electrons. The van der Waals surface area contributed by atoms with Gasteiger partial charge in [-0.15, -0.1) is 0 Å². The standard InChI is InChI=1S/C38H28F10N2O/c1-2-3-4-6-21-19-49-37(50-20-21)22-9-11-26(29(39)13-22)24-16-33(43)36(34(44)17-24)38(47,48)51-25-10-12-27(32(42)18-25)23-14-30(40)28(31(41)15-23)7-5-8-35(45)46/h8-20H,2-7H2,1H3. The van der Waals surface area contributed by atoms with Crippen molar-refractivity contribution in [1.29, 1.82) is 0 Å². The molecule has 0 unspecified atom stereocenters. The van der Waals surface area contributed by atoms with E-state index >= 15 is 22.0 Å². The zero-order valence-corrected chi connectivity index (χ0v) is 26.8. The summed E-state index contributed by atoms with van der Waals surface area (Å²) in [5, 5.41) is 0. The first-order valence-electron chi connectivity index (χ1n) is 15.7. The van der Waals surface area contributed by atoms with E-state index in [1.807, 2.05) is 0 Å². The smallest absolute Gasteiger partial charge is 0.429 e. The van der Waals surface area contributed by atoms with E-state index in [0.717, 1.165) is 61.6 Å². The molecule has 0 aliphatic rings. The van der Waals surface area contributed by atoms with E-state index in [1.165, 1.54) is 12.1 Å². The van der Waals surface area contributed by atoms with Gasteiger partial charge in [0.15, 0.2) is 5.82 Å². The molecule has 5 aromatic rings. The van der Waals surface area contributed by atoms with Crippen LogP contribution in [-0.4, -0.2) is 9.97 Å². The fourth-order valence-corrected chi connectivity index (χ4v) is 5.42. The van der Waals surface area contributed by atoms with Crippen LogP contribution in [0, 0.1) is 34.9 Å². The Labute approximate surface area is 286 Å². The molecule has 0 spiro atoms. The molecule has 0 aliphatic heterocycles. The summed E-state index contributed by atoms with van der Waals surface area (Å²) >= 11 is 0. The van der Waals surface area contributed by atoms with E-state index in [1.54, 1.807) is 12.4 Å². The number of aromatic nitrogens is 2. The summed E-state index contributed by atoms with van der Waals surface area (Å²) in [4.78, 5) is 8.50. The Morgan fingerprint density at radius 2 is 1.22 bits per heavy atom. The van der Waals surface area contributed by atoms with E-state index < -0.39 is 81.5 Å². The van der Waals surface area contributed by atoms with Crippen LogP contribution in [-0.2, 0) is 19.0 Å². The van der Waals surface area contributed by atoms with Gasteiger partial charge in [-0.1, -0.05) is 31.9 Å². The Morgan fingerprint density at radius 3 is 1.76 bits per heavy atom. The van der Waals surface area contributed by atoms with Crippen LogP contribution in [0.1, 0.15) is 49.3 Å². The number of nitrogens with zero attached hydrogens (tertiary/aromatic N) is 2. The quantitative estimate of drug-likeness (QED) is 0.0898. The minimum absolute atomic E-state index is 0.212. The number of halogens is 10. The number of benzene rings is 4. The molecule has 4 aromatic carbocycles. The lowest BCUT2D eigenvalue weighted by Gasteiger charge is -2.20. The maximum Gasteiger partial charge on any atom is 0.432 e. The number of hydrogen-bond donors (Lipinski definition) is 0. The molecule has 0 fully saturated rings. The minimum atomic E-state index is -4.70. The predicted octanol–water partition coefficient (Wildman–Crippen LogP) is 11.9. The van der Waals surface area contributed by atoms with Crippen LogP contribution in [0.5, 0.6) is 5.75 Å². The lowest BCUT2D eigenvalue weighted by atomic mass is 10.00. The summed E-state index contributed by atoms with van der Waals surface area (Å²) in [6, 6.07) is 8.20. The second-order valence-corrected chi connectivity index (χ2v) is 11.6. The molecule has 1 heterocycles. The molecular weight excluding hydrogens is 690 g/mol. The number of unbranched alkanes of at least 4 members (excludes halogenated alkanes) is 2. The van der Waals surface area contributed by atoms with Gasteiger partial charge in [-0.3, -0.25) is 0 Å². The van der Waals surface area contributed by atoms with E-state index in [2.05, 4.69) is 21.6 Å². The molecule has 0 amide bonds. The highest BCUT2D eigenvalue weighted by atomic mass is 19.3. The van der Waals surface area contributed by atoms with Crippen LogP contribution in [0.4, 0.5) is 43.9 Å². The number of alkyl halides is 2. The highest BCUT2D eigenvalue weighted by Gasteiger charge is 2.41. The van der Waals surface area contributed by atoms with E-state index in [9.17, 15) is 22.0 Å². The number of aryl methyl sites for hydroxylation is 1. The molecule has 3 nitrogen and oxygen atoms in total. The van der Waals surface area contributed by atoms with Crippen molar-refractivity contribution >= 4 is 0 Å². The molecule has 0 bridgehead atoms. The van der Waals surface area contributed by atoms with E-state index in [-0.39, 0.29) is 28.9 Å². The van der Waals surface area contributed by atoms with Gasteiger partial charge in [0, 0.05) is 40.7 Å². The largest absolute Gasteiger partial charge is 0.432 e. The van der Waals surface area contributed by atoms with Gasteiger partial charge in [0.25, 0.3) is 6.08 Å². The van der Waals surface area contributed by atoms with E-state index in [0.29, 0.717) is 24.3 Å². The molecule has 13 heteroatoms. The van der Waals surface area contributed by atoms with Crippen molar-refractivity contribution in [1.82, 2.24) is 9.97 Å². The van der Waals surface area contributed by atoms with Gasteiger partial charge in [-0.05, 0) is 90.9 Å². The van der Waals surface area contributed by atoms with Crippen LogP contribution in [0.3, 0.4) is 0 Å². The van der Waals surface area contributed by atoms with Crippen molar-refractivity contribution < 1.29 is 48.6 Å². The first-order valence-corrected chi connectivity index (χ1v) is 15.7. The van der Waals surface area contributed by atoms with Crippen LogP contribution < -0.4 is 4.74 Å². The van der Waals surface area contributed by atoms with Crippen molar-refractivity contribution in [2.24, 2.45) is 0 Å². The monoisotopic (exact) mass is 718 g/mol. The highest BCUT2D eigenvalue weighted by Crippen LogP contribution is 2.39. The maximum absolute atomic E-state index is 15.1. The number of ether oxygens (including phenoxy) is 1. The second-order valence-electron chi connectivity index (χ2n) is 11.6. The van der Waals surface area contributed by atoms with Gasteiger partial charge in [-0.2, -0.15) is 17.6 Å². The van der Waals surface area contributed by atoms with Crippen molar-refractivity contribution in [3.05, 3.63) is 137 Å². The third-order valence-electron chi connectivity index (χ3n) is 7.98. The zero-order valence-electron chi connectivity index (χ0n) is 26.8. The third-order valence-corrected chi connectivity index (χ3v) is 7.98. The van der Waals surface area contributed by atoms with Crippen LogP contribution >= 0.6 is 0 Å². The molecule has 51 heavy (non-hydrogen) atoms. The Morgan fingerprint density at radius 1 is 0.667 bits per heavy atom. The summed E-state index contributed by atoms with van der Waals surface area (Å²) in [5.41, 5.74) is -2.63. The molecular formula is C38H28F10N2O. The van der Waals surface area contributed by atoms with Gasteiger partial charge in [0.1, 0.15) is 46.2 Å². The Bertz CT molecular complexity index is 2020. The first-order chi connectivity index (χ1) is 24.3. The molecule has 0 saturated carbocycles. The summed E-state index contributed by atoms with van der Waals surface area (Å²) in [6.45, 7) is 2.08. The van der Waals surface area contributed by atoms with Crippen molar-refractivity contribution in [3.63, 3.8) is 0 Å². The SMILES string of the molecule is CCCCCc1cnc(-c2ccc(-c3cc(F)c(C(F)(F)Oc4ccc(-c5cc(F)c(CCC=C(F)F)c(F)c5)c(F)c4)c(F)c3)c(F)c2)nc1. The lowest BCUT2D eigenvalue weighted by Crippen LogP contribution is -2.25. The number of rotatable bonds is 13. The molecule has 0 aliphatic carbocycles. The molecule has 5 rings (SSSR count). The topological polar surface area (TPSA) is 35.0 Å². The summed E-state index contributed by atoms with van der Waals surface area (Å²) in [6.07, 6.45) is 0.124. The maximum atomic E-state index is 15.1. The van der Waals surface area contributed by atoms with Crippen molar-refractivity contribution in [2.75, 3.05) is 0 Å². The van der Waals surface area contributed by atoms with Gasteiger partial charge < -0.3 is 4.74 Å². The van der Waals surface area contributed by atoms with Crippen LogP contribution in [0.25, 0.3) is 33.6 Å². The fraction of sp³-hybridized carbons (Fsp3) is 0.211. The Kier molecular flexibility index (Phi) is 11.5. The average molecular weight is 719 g/mol. The van der Waals surface area contributed by atoms with Gasteiger partial charge in [0.05, 0.1) is 0 Å². The Balaban J connectivity index is 1.33. The normalized spacial score (nSPS) is 11.5. The van der Waals surface area contributed by atoms with Crippen molar-refractivity contribution in [2.45, 2.75) is 51.6 Å². The molecule has 0 atom stereocenters. The number of hydrogen-bond acceptors (Lipinski definition) is 3. The van der Waals surface area contributed by atoms with Crippen LogP contribution in [0.2, 0.25) is 0 Å². The third kappa shape index (κ3) is 8.76. The van der Waals surface area contributed by atoms with Crippen LogP contribution in [0.15, 0.2) is 85.2 Å². The van der Waals surface area contributed by atoms with Gasteiger partial charge in [-0.25, -0.2) is 36.3 Å². The summed E-state index contributed by atoms with van der Waals surface area (Å²) in [7, 11) is 0. The van der Waals surface area contributed by atoms with E-state index in [4.69, 9.17) is 0 Å². The van der Waals surface area contributed by atoms with Gasteiger partial charge in [0.2, 0.25) is 0 Å². The zero-order chi connectivity index (χ0) is 36.9. The molecule has 1 aromatic heterocycles. The molecule has 266 valence electrons. The first kappa shape index (κ1) is 37.1. The average Bonchev–Trinajstić information content (AvgIpc) is 3.05. The summed E-state index contributed by atoms with van der Waals surface area (Å²) < 4.78 is 149. The Hall–Kier alpha value is -5.20. The number of allylic oxidation sites excluding steroid dienone is 1. The minimum Gasteiger partial charge on any atom is -0.429 e. The highest BCUT2D eigenvalue weighted by molar-refractivity contribution is 5.69. The summed E-state index contributed by atoms with van der Waals surface area (Å²) in [5.74, 6) is -8.74. The molecule has 0 saturated heterocycles. The van der Waals surface area contributed by atoms with Crippen molar-refractivity contribution in [3.8, 4) is 39.4 Å². The lowest BCUT2D eigenvalue weighted by molar-refractivity contribution is -0.189. The molecule has 0 N–H and O–H groups in total. The fourth-order valence-electron chi connectivity index (χ4n) is 5.42. The predicted molar refractivity (Wildman–Crippen MR) is 171 cm³/mol.